The van der Waals surface area contributed by atoms with E-state index in [4.69, 9.17) is 32.6 Å². The largest absolute Gasteiger partial charge is 0.492 e. The Morgan fingerprint density at radius 1 is 1.24 bits per heavy atom. The lowest BCUT2D eigenvalue weighted by atomic mass is 10.0. The SMILES string of the molecule is C#Cc1cc(C(F)(F)F)ncc1-c1cc(S(=O)(=O)N2CCC(OC)c3ccccc32)c(OCCCC(=O)O)cc1Cl. The molecule has 216 valence electrons. The molecule has 41 heavy (non-hydrogen) atoms. The van der Waals surface area contributed by atoms with Gasteiger partial charge in [-0.25, -0.2) is 8.42 Å². The lowest BCUT2D eigenvalue weighted by Crippen LogP contribution is -2.37. The van der Waals surface area contributed by atoms with Crippen molar-refractivity contribution in [1.29, 1.82) is 0 Å². The molecule has 1 aliphatic heterocycles. The van der Waals surface area contributed by atoms with Gasteiger partial charge in [-0.2, -0.15) is 13.2 Å². The first-order chi connectivity index (χ1) is 19.4. The van der Waals surface area contributed by atoms with Crippen molar-refractivity contribution in [2.45, 2.75) is 36.4 Å². The zero-order valence-electron chi connectivity index (χ0n) is 21.6. The molecule has 1 aliphatic rings. The highest BCUT2D eigenvalue weighted by Crippen LogP contribution is 2.43. The van der Waals surface area contributed by atoms with Gasteiger partial charge in [0, 0.05) is 54.6 Å². The average Bonchev–Trinajstić information content (AvgIpc) is 2.93. The van der Waals surface area contributed by atoms with Crippen LogP contribution in [0.4, 0.5) is 18.9 Å². The summed E-state index contributed by atoms with van der Waals surface area (Å²) in [5.74, 6) is 0.981. The monoisotopic (exact) mass is 608 g/mol. The molecule has 1 unspecified atom stereocenters. The van der Waals surface area contributed by atoms with Crippen LogP contribution in [-0.4, -0.2) is 44.7 Å². The Morgan fingerprint density at radius 2 is 1.98 bits per heavy atom. The van der Waals surface area contributed by atoms with Crippen LogP contribution in [0.15, 0.2) is 53.6 Å². The molecule has 13 heteroatoms. The molecule has 0 aliphatic carbocycles. The highest BCUT2D eigenvalue weighted by Gasteiger charge is 2.36. The first kappa shape index (κ1) is 30.2. The number of nitrogens with zero attached hydrogens (tertiary/aromatic N) is 2. The summed E-state index contributed by atoms with van der Waals surface area (Å²) in [6.45, 7) is -0.0734. The predicted molar refractivity (Wildman–Crippen MR) is 145 cm³/mol. The number of halogens is 4. The number of sulfonamides is 1. The number of carboxylic acids is 1. The van der Waals surface area contributed by atoms with E-state index in [1.807, 2.05) is 0 Å². The number of aromatic nitrogens is 1. The third-order valence-electron chi connectivity index (χ3n) is 6.47. The Hall–Kier alpha value is -3.79. The Labute approximate surface area is 239 Å². The summed E-state index contributed by atoms with van der Waals surface area (Å²) in [5.41, 5.74) is -0.327. The lowest BCUT2D eigenvalue weighted by molar-refractivity contribution is -0.141. The normalized spacial score (nSPS) is 15.2. The number of terminal acetylenes is 1. The third kappa shape index (κ3) is 6.27. The number of carbonyl (C=O) groups is 1. The minimum absolute atomic E-state index is 0.0119. The second kappa shape index (κ2) is 12.0. The smallest absolute Gasteiger partial charge is 0.433 e. The van der Waals surface area contributed by atoms with Crippen molar-refractivity contribution < 1.29 is 41.0 Å². The van der Waals surface area contributed by atoms with Gasteiger partial charge in [0.05, 0.1) is 23.4 Å². The van der Waals surface area contributed by atoms with E-state index < -0.39 is 27.9 Å². The fourth-order valence-corrected chi connectivity index (χ4v) is 6.42. The molecule has 1 atom stereocenters. The van der Waals surface area contributed by atoms with E-state index in [2.05, 4.69) is 10.9 Å². The summed E-state index contributed by atoms with van der Waals surface area (Å²) in [4.78, 5) is 14.1. The van der Waals surface area contributed by atoms with Gasteiger partial charge in [-0.1, -0.05) is 35.7 Å². The van der Waals surface area contributed by atoms with Crippen LogP contribution in [0.25, 0.3) is 11.1 Å². The Kier molecular flexibility index (Phi) is 8.82. The minimum Gasteiger partial charge on any atom is -0.492 e. The van der Waals surface area contributed by atoms with Gasteiger partial charge in [-0.15, -0.1) is 6.42 Å². The van der Waals surface area contributed by atoms with Crippen molar-refractivity contribution in [1.82, 2.24) is 4.98 Å². The van der Waals surface area contributed by atoms with Crippen LogP contribution < -0.4 is 9.04 Å². The fourth-order valence-electron chi connectivity index (χ4n) is 4.52. The number of carboxylic acid groups (broad SMARTS) is 1. The van der Waals surface area contributed by atoms with Crippen molar-refractivity contribution in [3.05, 3.63) is 70.5 Å². The summed E-state index contributed by atoms with van der Waals surface area (Å²) in [6.07, 6.45) is 1.54. The molecule has 0 fully saturated rings. The number of anilines is 1. The molecule has 0 saturated heterocycles. The molecule has 0 amide bonds. The second-order valence-corrected chi connectivity index (χ2v) is 11.3. The zero-order chi connectivity index (χ0) is 29.9. The van der Waals surface area contributed by atoms with Crippen LogP contribution in [0.3, 0.4) is 0 Å². The zero-order valence-corrected chi connectivity index (χ0v) is 23.2. The van der Waals surface area contributed by atoms with Gasteiger partial charge in [-0.3, -0.25) is 14.1 Å². The number of para-hydroxylation sites is 1. The molecule has 8 nitrogen and oxygen atoms in total. The summed E-state index contributed by atoms with van der Waals surface area (Å²) in [6, 6.07) is 9.92. The number of hydrogen-bond donors (Lipinski definition) is 1. The van der Waals surface area contributed by atoms with Crippen molar-refractivity contribution in [2.24, 2.45) is 0 Å². The van der Waals surface area contributed by atoms with E-state index >= 15 is 0 Å². The topological polar surface area (TPSA) is 106 Å². The molecule has 3 aromatic rings. The number of aliphatic carboxylic acids is 1. The molecule has 2 heterocycles. The molecule has 1 N–H and O–H groups in total. The van der Waals surface area contributed by atoms with Crippen LogP contribution in [0.5, 0.6) is 5.75 Å². The lowest BCUT2D eigenvalue weighted by Gasteiger charge is -2.34. The van der Waals surface area contributed by atoms with Gasteiger partial charge in [0.25, 0.3) is 10.0 Å². The first-order valence-corrected chi connectivity index (χ1v) is 14.1. The van der Waals surface area contributed by atoms with Crippen molar-refractivity contribution in [2.75, 3.05) is 24.6 Å². The maximum absolute atomic E-state index is 14.2. The molecule has 0 bridgehead atoms. The highest BCUT2D eigenvalue weighted by atomic mass is 35.5. The van der Waals surface area contributed by atoms with Crippen LogP contribution >= 0.6 is 11.6 Å². The van der Waals surface area contributed by atoms with Crippen LogP contribution in [0, 0.1) is 12.3 Å². The molecule has 0 radical (unpaired) electrons. The standard InChI is InChI=1S/C28H24ClF3N2O6S/c1-3-17-13-26(28(30,31)32)33-16-20(17)19-14-25(24(15-21(19)29)40-12-6-9-27(35)36)41(37,38)34-11-10-23(39-2)18-7-4-5-8-22(18)34/h1,4-5,7-8,13-16,23H,6,9-12H2,2H3,(H,35,36). The van der Waals surface area contributed by atoms with Gasteiger partial charge in [0.15, 0.2) is 0 Å². The number of alkyl halides is 3. The van der Waals surface area contributed by atoms with E-state index in [0.717, 1.165) is 6.20 Å². The van der Waals surface area contributed by atoms with Crippen LogP contribution in [-0.2, 0) is 25.7 Å². The van der Waals surface area contributed by atoms with E-state index in [0.29, 0.717) is 23.7 Å². The number of fused-ring (bicyclic) bond motifs is 1. The first-order valence-electron chi connectivity index (χ1n) is 12.2. The van der Waals surface area contributed by atoms with Gasteiger partial charge in [0.2, 0.25) is 0 Å². The summed E-state index contributed by atoms with van der Waals surface area (Å²) in [7, 11) is -2.83. The number of hydrogen-bond acceptors (Lipinski definition) is 6. The number of rotatable bonds is 9. The predicted octanol–water partition coefficient (Wildman–Crippen LogP) is 5.93. The van der Waals surface area contributed by atoms with Crippen LogP contribution in [0.1, 0.15) is 42.2 Å². The number of methoxy groups -OCH3 is 1. The van der Waals surface area contributed by atoms with E-state index in [1.165, 1.54) is 23.5 Å². The van der Waals surface area contributed by atoms with E-state index in [1.54, 1.807) is 24.3 Å². The summed E-state index contributed by atoms with van der Waals surface area (Å²) in [5, 5.41) is 8.88. The molecule has 2 aromatic carbocycles. The van der Waals surface area contributed by atoms with Crippen LogP contribution in [0.2, 0.25) is 5.02 Å². The van der Waals surface area contributed by atoms with E-state index in [-0.39, 0.29) is 64.5 Å². The quantitative estimate of drug-likeness (QED) is 0.237. The van der Waals surface area contributed by atoms with Gasteiger partial charge >= 0.3 is 12.1 Å². The third-order valence-corrected chi connectivity index (χ3v) is 8.61. The molecular formula is C28H24ClF3N2O6S. The van der Waals surface area contributed by atoms with Gasteiger partial charge in [-0.05, 0) is 31.0 Å². The highest BCUT2D eigenvalue weighted by molar-refractivity contribution is 7.93. The molecule has 4 rings (SSSR count). The number of pyridine rings is 1. The molecular weight excluding hydrogens is 585 g/mol. The number of ether oxygens (including phenoxy) is 2. The average molecular weight is 609 g/mol. The fraction of sp³-hybridized carbons (Fsp3) is 0.286. The van der Waals surface area contributed by atoms with E-state index in [9.17, 15) is 26.4 Å². The van der Waals surface area contributed by atoms with Crippen molar-refractivity contribution in [3.63, 3.8) is 0 Å². The molecule has 1 aromatic heterocycles. The van der Waals surface area contributed by atoms with Crippen molar-refractivity contribution >= 4 is 33.3 Å². The maximum Gasteiger partial charge on any atom is 0.433 e. The Morgan fingerprint density at radius 3 is 2.63 bits per heavy atom. The Balaban J connectivity index is 1.87. The number of benzene rings is 2. The van der Waals surface area contributed by atoms with Crippen molar-refractivity contribution in [3.8, 4) is 29.2 Å². The Bertz CT molecular complexity index is 1620. The van der Waals surface area contributed by atoms with Gasteiger partial charge in [0.1, 0.15) is 16.3 Å². The summed E-state index contributed by atoms with van der Waals surface area (Å²) >= 11 is 6.49. The second-order valence-electron chi connectivity index (χ2n) is 9.03. The molecule has 0 saturated carbocycles. The maximum atomic E-state index is 14.2. The molecule has 0 spiro atoms. The summed E-state index contributed by atoms with van der Waals surface area (Å²) < 4.78 is 80.6. The van der Waals surface area contributed by atoms with Gasteiger partial charge < -0.3 is 14.6 Å². The minimum atomic E-state index is -4.75.